The summed E-state index contributed by atoms with van der Waals surface area (Å²) in [5.74, 6) is -0.302. The Morgan fingerprint density at radius 1 is 1.44 bits per heavy atom. The highest BCUT2D eigenvalue weighted by molar-refractivity contribution is 9.11. The van der Waals surface area contributed by atoms with Crippen LogP contribution in [0.2, 0.25) is 0 Å². The quantitative estimate of drug-likeness (QED) is 0.613. The van der Waals surface area contributed by atoms with Crippen molar-refractivity contribution in [3.8, 4) is 0 Å². The largest absolute Gasteiger partial charge is 0.453 e. The number of hydrogen-bond donors (Lipinski definition) is 0. The van der Waals surface area contributed by atoms with Gasteiger partial charge < -0.3 is 4.74 Å². The van der Waals surface area contributed by atoms with Crippen LogP contribution in [0.5, 0.6) is 0 Å². The third kappa shape index (κ3) is 2.42. The van der Waals surface area contributed by atoms with Crippen LogP contribution < -0.4 is 0 Å². The molecule has 82 valence electrons. The van der Waals surface area contributed by atoms with E-state index in [4.69, 9.17) is 4.74 Å². The summed E-state index contributed by atoms with van der Waals surface area (Å²) >= 11 is 3.44. The summed E-state index contributed by atoms with van der Waals surface area (Å²) in [6.07, 6.45) is 2.29. The van der Waals surface area contributed by atoms with Gasteiger partial charge in [-0.1, -0.05) is 52.8 Å². The third-order valence-electron chi connectivity index (χ3n) is 2.38. The van der Waals surface area contributed by atoms with Crippen molar-refractivity contribution in [2.24, 2.45) is 0 Å². The van der Waals surface area contributed by atoms with E-state index in [1.807, 2.05) is 36.4 Å². The molecule has 3 heteroatoms. The monoisotopic (exact) mass is 278 g/mol. The van der Waals surface area contributed by atoms with Crippen LogP contribution >= 0.6 is 15.9 Å². The first-order valence-electron chi connectivity index (χ1n) is 4.97. The van der Waals surface area contributed by atoms with E-state index < -0.39 is 0 Å². The molecule has 2 rings (SSSR count). The van der Waals surface area contributed by atoms with Gasteiger partial charge in [0.1, 0.15) is 6.10 Å². The van der Waals surface area contributed by atoms with Gasteiger partial charge in [-0.25, -0.2) is 4.79 Å². The van der Waals surface area contributed by atoms with Crippen LogP contribution in [0.25, 0.3) is 6.08 Å². The van der Waals surface area contributed by atoms with Gasteiger partial charge in [-0.15, -0.1) is 0 Å². The molecular weight excluding hydrogens is 268 g/mol. The summed E-state index contributed by atoms with van der Waals surface area (Å²) in [5.41, 5.74) is 1.60. The number of carbonyl (C=O) groups excluding carboxylic acids is 1. The molecule has 0 aromatic heterocycles. The molecule has 1 heterocycles. The number of cyclic esters (lactones) is 1. The lowest BCUT2D eigenvalue weighted by molar-refractivity contribution is -0.137. The van der Waals surface area contributed by atoms with Crippen LogP contribution in [-0.2, 0) is 9.53 Å². The minimum Gasteiger partial charge on any atom is -0.453 e. The van der Waals surface area contributed by atoms with E-state index >= 15 is 0 Å². The summed E-state index contributed by atoms with van der Waals surface area (Å²) in [7, 11) is 0. The molecule has 0 aliphatic carbocycles. The van der Waals surface area contributed by atoms with Crippen LogP contribution in [0.4, 0.5) is 0 Å². The van der Waals surface area contributed by atoms with Crippen molar-refractivity contribution in [3.63, 3.8) is 0 Å². The lowest BCUT2D eigenvalue weighted by Gasteiger charge is -2.07. The van der Waals surface area contributed by atoms with Gasteiger partial charge in [0, 0.05) is 16.5 Å². The average molecular weight is 279 g/mol. The van der Waals surface area contributed by atoms with Crippen molar-refractivity contribution in [2.45, 2.75) is 12.5 Å². The number of esters is 1. The molecule has 1 aliphatic heterocycles. The summed E-state index contributed by atoms with van der Waals surface area (Å²) in [6.45, 7) is 3.65. The first-order valence-corrected chi connectivity index (χ1v) is 5.77. The Labute approximate surface area is 103 Å². The molecule has 1 fully saturated rings. The molecule has 1 atom stereocenters. The van der Waals surface area contributed by atoms with Crippen LogP contribution in [0.1, 0.15) is 12.0 Å². The van der Waals surface area contributed by atoms with E-state index in [1.165, 1.54) is 0 Å². The maximum absolute atomic E-state index is 11.2. The number of halogens is 1. The maximum atomic E-state index is 11.2. The van der Waals surface area contributed by atoms with Crippen LogP contribution in [0.15, 0.2) is 47.0 Å². The van der Waals surface area contributed by atoms with Gasteiger partial charge in [0.15, 0.2) is 0 Å². The molecular formula is C13H11BrO2. The van der Waals surface area contributed by atoms with E-state index in [-0.39, 0.29) is 12.1 Å². The maximum Gasteiger partial charge on any atom is 0.334 e. The fraction of sp³-hybridized carbons (Fsp3) is 0.154. The van der Waals surface area contributed by atoms with E-state index in [2.05, 4.69) is 22.5 Å². The molecule has 0 N–H and O–H groups in total. The molecule has 1 aliphatic rings. The zero-order valence-electron chi connectivity index (χ0n) is 8.65. The molecule has 0 saturated carbocycles. The molecule has 0 amide bonds. The molecule has 1 unspecified atom stereocenters. The normalized spacial score (nSPS) is 21.1. The van der Waals surface area contributed by atoms with E-state index in [1.54, 1.807) is 0 Å². The minimum atomic E-state index is -0.302. The predicted octanol–water partition coefficient (Wildman–Crippen LogP) is 3.29. The smallest absolute Gasteiger partial charge is 0.334 e. The van der Waals surface area contributed by atoms with Crippen molar-refractivity contribution in [2.75, 3.05) is 0 Å². The number of ether oxygens (including phenoxy) is 1. The predicted molar refractivity (Wildman–Crippen MR) is 67.0 cm³/mol. The zero-order chi connectivity index (χ0) is 11.5. The Bertz CT molecular complexity index is 432. The lowest BCUT2D eigenvalue weighted by Crippen LogP contribution is -2.06. The Balaban J connectivity index is 2.14. The highest BCUT2D eigenvalue weighted by atomic mass is 79.9. The Morgan fingerprint density at radius 3 is 2.69 bits per heavy atom. The van der Waals surface area contributed by atoms with Crippen molar-refractivity contribution in [1.29, 1.82) is 0 Å². The second-order valence-electron chi connectivity index (χ2n) is 3.64. The van der Waals surface area contributed by atoms with Crippen LogP contribution in [-0.4, -0.2) is 12.1 Å². The molecule has 1 aromatic rings. The van der Waals surface area contributed by atoms with Gasteiger partial charge in [0.25, 0.3) is 0 Å². The van der Waals surface area contributed by atoms with Gasteiger partial charge in [0.2, 0.25) is 0 Å². The first-order chi connectivity index (χ1) is 7.66. The fourth-order valence-corrected chi connectivity index (χ4v) is 2.04. The van der Waals surface area contributed by atoms with Gasteiger partial charge in [0.05, 0.1) is 0 Å². The van der Waals surface area contributed by atoms with Gasteiger partial charge in [-0.3, -0.25) is 0 Å². The third-order valence-corrected chi connectivity index (χ3v) is 3.12. The summed E-state index contributed by atoms with van der Waals surface area (Å²) in [6, 6.07) is 9.87. The van der Waals surface area contributed by atoms with Gasteiger partial charge in [-0.05, 0) is 11.6 Å². The molecule has 0 bridgehead atoms. The van der Waals surface area contributed by atoms with Crippen molar-refractivity contribution in [3.05, 3.63) is 52.5 Å². The molecule has 0 spiro atoms. The Morgan fingerprint density at radius 2 is 2.12 bits per heavy atom. The number of hydrogen-bond acceptors (Lipinski definition) is 2. The van der Waals surface area contributed by atoms with Crippen molar-refractivity contribution in [1.82, 2.24) is 0 Å². The highest BCUT2D eigenvalue weighted by Crippen LogP contribution is 2.29. The average Bonchev–Trinajstić information content (AvgIpc) is 2.61. The summed E-state index contributed by atoms with van der Waals surface area (Å²) in [4.78, 5) is 11.2. The van der Waals surface area contributed by atoms with Crippen LogP contribution in [0.3, 0.4) is 0 Å². The van der Waals surface area contributed by atoms with Gasteiger partial charge >= 0.3 is 5.97 Å². The van der Waals surface area contributed by atoms with E-state index in [0.29, 0.717) is 12.0 Å². The van der Waals surface area contributed by atoms with E-state index in [0.717, 1.165) is 10.0 Å². The minimum absolute atomic E-state index is 0.222. The standard InChI is InChI=1S/C13H11BrO2/c1-9-7-12(16-13(9)15)11(14)8-10-5-3-2-4-6-10/h2-6,8,12H,1,7H2/b11-8-. The summed E-state index contributed by atoms with van der Waals surface area (Å²) in [5, 5.41) is 0. The van der Waals surface area contributed by atoms with Crippen molar-refractivity contribution >= 4 is 28.0 Å². The van der Waals surface area contributed by atoms with E-state index in [9.17, 15) is 4.79 Å². The Kier molecular flexibility index (Phi) is 3.25. The van der Waals surface area contributed by atoms with Crippen LogP contribution in [0, 0.1) is 0 Å². The molecule has 1 aromatic carbocycles. The molecule has 16 heavy (non-hydrogen) atoms. The number of rotatable bonds is 2. The number of carbonyl (C=O) groups is 1. The Hall–Kier alpha value is -1.35. The number of benzene rings is 1. The molecule has 2 nitrogen and oxygen atoms in total. The van der Waals surface area contributed by atoms with Crippen molar-refractivity contribution < 1.29 is 9.53 Å². The summed E-state index contributed by atoms with van der Waals surface area (Å²) < 4.78 is 6.02. The van der Waals surface area contributed by atoms with Gasteiger partial charge in [-0.2, -0.15) is 0 Å². The second kappa shape index (κ2) is 4.66. The second-order valence-corrected chi connectivity index (χ2v) is 4.56. The first kappa shape index (κ1) is 11.1. The molecule has 0 radical (unpaired) electrons. The zero-order valence-corrected chi connectivity index (χ0v) is 10.2. The fourth-order valence-electron chi connectivity index (χ4n) is 1.52. The lowest BCUT2D eigenvalue weighted by atomic mass is 10.1. The topological polar surface area (TPSA) is 26.3 Å². The molecule has 1 saturated heterocycles. The highest BCUT2D eigenvalue weighted by Gasteiger charge is 2.29. The SMILES string of the molecule is C=C1CC(/C(Br)=C/c2ccccc2)OC1=O.